The number of ketones is 1. The molecule has 0 bridgehead atoms. The molecule has 0 aromatic heterocycles. The maximum absolute atomic E-state index is 13.4. The van der Waals surface area contributed by atoms with E-state index >= 15 is 0 Å². The van der Waals surface area contributed by atoms with Crippen LogP contribution < -0.4 is 5.73 Å². The van der Waals surface area contributed by atoms with Crippen LogP contribution in [-0.2, 0) is 11.2 Å². The van der Waals surface area contributed by atoms with Gasteiger partial charge < -0.3 is 5.73 Å². The molecule has 0 heterocycles. The molecule has 1 unspecified atom stereocenters. The van der Waals surface area contributed by atoms with Gasteiger partial charge in [-0.2, -0.15) is 0 Å². The molecule has 1 rings (SSSR count). The smallest absolute Gasteiger partial charge is 0.138 e. The van der Waals surface area contributed by atoms with E-state index in [4.69, 9.17) is 17.3 Å². The summed E-state index contributed by atoms with van der Waals surface area (Å²) < 4.78 is 13.4. The lowest BCUT2D eigenvalue weighted by atomic mass is 10.0. The molecule has 0 aliphatic rings. The molecule has 0 radical (unpaired) electrons. The van der Waals surface area contributed by atoms with Crippen LogP contribution in [0.5, 0.6) is 0 Å². The van der Waals surface area contributed by atoms with Gasteiger partial charge in [0.1, 0.15) is 11.6 Å². The van der Waals surface area contributed by atoms with Crippen LogP contribution in [0, 0.1) is 5.82 Å². The average Bonchev–Trinajstić information content (AvgIpc) is 2.22. The lowest BCUT2D eigenvalue weighted by Crippen LogP contribution is -2.24. The Kier molecular flexibility index (Phi) is 5.59. The van der Waals surface area contributed by atoms with Crippen molar-refractivity contribution in [2.45, 2.75) is 38.6 Å². The molecule has 17 heavy (non-hydrogen) atoms. The predicted octanol–water partition coefficient (Wildman–Crippen LogP) is 3.11. The van der Waals surface area contributed by atoms with Gasteiger partial charge in [-0.05, 0) is 24.1 Å². The van der Waals surface area contributed by atoms with Crippen LogP contribution in [0.3, 0.4) is 0 Å². The summed E-state index contributed by atoms with van der Waals surface area (Å²) in [7, 11) is 0. The molecule has 0 saturated carbocycles. The number of benzene rings is 1. The van der Waals surface area contributed by atoms with Crippen LogP contribution in [0.4, 0.5) is 4.39 Å². The zero-order chi connectivity index (χ0) is 12.8. The van der Waals surface area contributed by atoms with E-state index in [9.17, 15) is 9.18 Å². The summed E-state index contributed by atoms with van der Waals surface area (Å²) in [6.07, 6.45) is 2.15. The van der Waals surface area contributed by atoms with Crippen molar-refractivity contribution < 1.29 is 9.18 Å². The fourth-order valence-corrected chi connectivity index (χ4v) is 1.87. The molecular formula is C13H17ClFNO. The number of nitrogens with two attached hydrogens (primary N) is 1. The van der Waals surface area contributed by atoms with E-state index in [1.54, 1.807) is 12.1 Å². The highest BCUT2D eigenvalue weighted by molar-refractivity contribution is 6.30. The predicted molar refractivity (Wildman–Crippen MR) is 67.6 cm³/mol. The maximum Gasteiger partial charge on any atom is 0.138 e. The number of carbonyl (C=O) groups excluding carboxylic acids is 1. The van der Waals surface area contributed by atoms with Crippen molar-refractivity contribution in [3.63, 3.8) is 0 Å². The van der Waals surface area contributed by atoms with Crippen LogP contribution in [0.1, 0.15) is 31.7 Å². The second kappa shape index (κ2) is 6.72. The lowest BCUT2D eigenvalue weighted by molar-refractivity contribution is -0.118. The quantitative estimate of drug-likeness (QED) is 0.851. The van der Waals surface area contributed by atoms with Crippen molar-refractivity contribution in [1.29, 1.82) is 0 Å². The highest BCUT2D eigenvalue weighted by Gasteiger charge is 2.12. The molecule has 2 nitrogen and oxygen atoms in total. The third-order valence-corrected chi connectivity index (χ3v) is 2.79. The van der Waals surface area contributed by atoms with E-state index in [2.05, 4.69) is 0 Å². The van der Waals surface area contributed by atoms with Crippen LogP contribution in [-0.4, -0.2) is 11.8 Å². The Morgan fingerprint density at radius 1 is 1.53 bits per heavy atom. The van der Waals surface area contributed by atoms with Gasteiger partial charge in [-0.3, -0.25) is 4.79 Å². The monoisotopic (exact) mass is 257 g/mol. The maximum atomic E-state index is 13.4. The second-order valence-corrected chi connectivity index (χ2v) is 4.64. The molecule has 0 spiro atoms. The van der Waals surface area contributed by atoms with Crippen LogP contribution in [0.25, 0.3) is 0 Å². The number of Topliss-reactive ketones (excluding diaryl/α,β-unsaturated/α-hetero) is 1. The fourth-order valence-electron chi connectivity index (χ4n) is 1.71. The van der Waals surface area contributed by atoms with Crippen molar-refractivity contribution in [2.75, 3.05) is 0 Å². The Hall–Kier alpha value is -0.930. The first kappa shape index (κ1) is 14.1. The van der Waals surface area contributed by atoms with E-state index in [1.165, 1.54) is 6.07 Å². The Morgan fingerprint density at radius 3 is 2.82 bits per heavy atom. The van der Waals surface area contributed by atoms with Crippen molar-refractivity contribution >= 4 is 17.4 Å². The standard InChI is InChI=1S/C13H17ClFNO/c1-2-3-11(16)8-12(17)6-9-4-5-10(14)7-13(9)15/h4-5,7,11H,2-3,6,8,16H2,1H3. The van der Waals surface area contributed by atoms with Gasteiger partial charge in [-0.25, -0.2) is 4.39 Å². The van der Waals surface area contributed by atoms with Crippen molar-refractivity contribution in [2.24, 2.45) is 5.73 Å². The van der Waals surface area contributed by atoms with Crippen molar-refractivity contribution in [3.05, 3.63) is 34.6 Å². The lowest BCUT2D eigenvalue weighted by Gasteiger charge is -2.09. The number of hydrogen-bond donors (Lipinski definition) is 1. The van der Waals surface area contributed by atoms with E-state index in [0.29, 0.717) is 17.0 Å². The van der Waals surface area contributed by atoms with Crippen LogP contribution in [0.15, 0.2) is 18.2 Å². The van der Waals surface area contributed by atoms with E-state index < -0.39 is 5.82 Å². The summed E-state index contributed by atoms with van der Waals surface area (Å²) >= 11 is 5.63. The number of halogens is 2. The number of carbonyl (C=O) groups is 1. The first-order valence-electron chi connectivity index (χ1n) is 5.74. The Labute approximate surface area is 106 Å². The minimum atomic E-state index is -0.435. The Morgan fingerprint density at radius 2 is 2.24 bits per heavy atom. The van der Waals surface area contributed by atoms with Gasteiger partial charge in [-0.1, -0.05) is 31.0 Å². The summed E-state index contributed by atoms with van der Waals surface area (Å²) in [5, 5.41) is 0.335. The van der Waals surface area contributed by atoms with E-state index in [1.807, 2.05) is 6.92 Å². The van der Waals surface area contributed by atoms with E-state index in [0.717, 1.165) is 12.8 Å². The molecule has 0 amide bonds. The van der Waals surface area contributed by atoms with Crippen molar-refractivity contribution in [1.82, 2.24) is 0 Å². The first-order chi connectivity index (χ1) is 8.02. The van der Waals surface area contributed by atoms with Gasteiger partial charge in [-0.15, -0.1) is 0 Å². The highest BCUT2D eigenvalue weighted by Crippen LogP contribution is 2.16. The van der Waals surface area contributed by atoms with Gasteiger partial charge in [0.25, 0.3) is 0 Å². The summed E-state index contributed by atoms with van der Waals surface area (Å²) in [5.41, 5.74) is 6.14. The molecule has 1 aromatic rings. The Balaban J connectivity index is 2.56. The molecular weight excluding hydrogens is 241 g/mol. The molecule has 0 aliphatic carbocycles. The average molecular weight is 258 g/mol. The zero-order valence-electron chi connectivity index (χ0n) is 9.88. The van der Waals surface area contributed by atoms with Gasteiger partial charge in [0.2, 0.25) is 0 Å². The number of hydrogen-bond acceptors (Lipinski definition) is 2. The molecule has 0 fully saturated rings. The van der Waals surface area contributed by atoms with Crippen LogP contribution in [0.2, 0.25) is 5.02 Å². The largest absolute Gasteiger partial charge is 0.327 e. The zero-order valence-corrected chi connectivity index (χ0v) is 10.6. The number of rotatable bonds is 6. The Bertz CT molecular complexity index is 395. The van der Waals surface area contributed by atoms with Gasteiger partial charge >= 0.3 is 0 Å². The van der Waals surface area contributed by atoms with Gasteiger partial charge in [0, 0.05) is 23.9 Å². The van der Waals surface area contributed by atoms with Crippen LogP contribution >= 0.6 is 11.6 Å². The normalized spacial score (nSPS) is 12.5. The minimum Gasteiger partial charge on any atom is -0.327 e. The summed E-state index contributed by atoms with van der Waals surface area (Å²) in [4.78, 5) is 11.7. The molecule has 94 valence electrons. The van der Waals surface area contributed by atoms with Crippen molar-refractivity contribution in [3.8, 4) is 0 Å². The second-order valence-electron chi connectivity index (χ2n) is 4.20. The topological polar surface area (TPSA) is 43.1 Å². The summed E-state index contributed by atoms with van der Waals surface area (Å²) in [5.74, 6) is -0.470. The SMILES string of the molecule is CCCC(N)CC(=O)Cc1ccc(Cl)cc1F. The van der Waals surface area contributed by atoms with E-state index in [-0.39, 0.29) is 18.2 Å². The minimum absolute atomic E-state index is 0.0350. The van der Waals surface area contributed by atoms with Gasteiger partial charge in [0.15, 0.2) is 0 Å². The third-order valence-electron chi connectivity index (χ3n) is 2.55. The molecule has 1 atom stereocenters. The first-order valence-corrected chi connectivity index (χ1v) is 6.12. The van der Waals surface area contributed by atoms with Gasteiger partial charge in [0.05, 0.1) is 0 Å². The molecule has 4 heteroatoms. The molecule has 1 aromatic carbocycles. The highest BCUT2D eigenvalue weighted by atomic mass is 35.5. The fraction of sp³-hybridized carbons (Fsp3) is 0.462. The molecule has 2 N–H and O–H groups in total. The summed E-state index contributed by atoms with van der Waals surface area (Å²) in [6.45, 7) is 2.02. The third kappa shape index (κ3) is 4.84. The summed E-state index contributed by atoms with van der Waals surface area (Å²) in [6, 6.07) is 4.22. The molecule has 0 aliphatic heterocycles. The molecule has 0 saturated heterocycles.